The van der Waals surface area contributed by atoms with Crippen molar-refractivity contribution in [2.75, 3.05) is 0 Å². The molecule has 0 aliphatic carbocycles. The molecule has 5 nitrogen and oxygen atoms in total. The van der Waals surface area contributed by atoms with Gasteiger partial charge in [0.25, 0.3) is 0 Å². The van der Waals surface area contributed by atoms with Gasteiger partial charge in [0, 0.05) is 16.7 Å². The topological polar surface area (TPSA) is 59.7 Å². The Bertz CT molecular complexity index is 1060. The molecule has 130 valence electrons. The molecule has 0 aliphatic heterocycles. The molecule has 1 N–H and O–H groups in total. The minimum atomic E-state index is -0.00794. The average molecular weight is 366 g/mol. The number of aromatic nitrogens is 3. The smallest absolute Gasteiger partial charge is 0.232 e. The molecule has 0 radical (unpaired) electrons. The second kappa shape index (κ2) is 7.15. The summed E-state index contributed by atoms with van der Waals surface area (Å²) in [6.07, 6.45) is 1.76. The normalized spacial score (nSPS) is 11.0. The van der Waals surface area contributed by atoms with E-state index in [1.165, 1.54) is 0 Å². The van der Waals surface area contributed by atoms with Crippen LogP contribution in [0.2, 0.25) is 5.02 Å². The lowest BCUT2D eigenvalue weighted by atomic mass is 10.1. The molecule has 4 rings (SSSR count). The van der Waals surface area contributed by atoms with E-state index < -0.39 is 0 Å². The Morgan fingerprint density at radius 1 is 1.00 bits per heavy atom. The molecular formula is C20H16ClN3O2. The Hall–Kier alpha value is -2.89. The zero-order valence-corrected chi connectivity index (χ0v) is 14.6. The van der Waals surface area contributed by atoms with Gasteiger partial charge in [-0.2, -0.15) is 0 Å². The van der Waals surface area contributed by atoms with Crippen LogP contribution in [0.15, 0.2) is 66.9 Å². The number of hydrogen-bond acceptors (Lipinski definition) is 4. The van der Waals surface area contributed by atoms with Crippen LogP contribution in [0.1, 0.15) is 11.1 Å². The highest BCUT2D eigenvalue weighted by Gasteiger charge is 2.09. The lowest BCUT2D eigenvalue weighted by molar-refractivity contribution is 0.282. The Balaban J connectivity index is 1.64. The van der Waals surface area contributed by atoms with Crippen LogP contribution in [-0.2, 0) is 13.2 Å². The maximum Gasteiger partial charge on any atom is 0.232 e. The molecule has 2 aromatic carbocycles. The van der Waals surface area contributed by atoms with Crippen molar-refractivity contribution in [2.45, 2.75) is 13.2 Å². The van der Waals surface area contributed by atoms with Crippen LogP contribution < -0.4 is 4.74 Å². The Morgan fingerprint density at radius 2 is 1.85 bits per heavy atom. The average Bonchev–Trinajstić information content (AvgIpc) is 3.10. The summed E-state index contributed by atoms with van der Waals surface area (Å²) in [4.78, 5) is 4.39. The summed E-state index contributed by atoms with van der Waals surface area (Å²) < 4.78 is 7.54. The zero-order valence-electron chi connectivity index (χ0n) is 13.8. The van der Waals surface area contributed by atoms with Crippen LogP contribution >= 0.6 is 11.6 Å². The fourth-order valence-corrected chi connectivity index (χ4v) is 2.96. The van der Waals surface area contributed by atoms with Crippen molar-refractivity contribution in [3.63, 3.8) is 0 Å². The third kappa shape index (κ3) is 3.40. The first-order valence-electron chi connectivity index (χ1n) is 8.15. The Labute approximate surface area is 155 Å². The van der Waals surface area contributed by atoms with Crippen molar-refractivity contribution in [3.8, 4) is 17.1 Å². The molecule has 2 aromatic heterocycles. The number of halogens is 1. The summed E-state index contributed by atoms with van der Waals surface area (Å²) in [5.74, 6) is 0.495. The fraction of sp³-hybridized carbons (Fsp3) is 0.100. The number of fused-ring (bicyclic) bond motifs is 1. The number of aliphatic hydroxyl groups excluding tert-OH is 1. The van der Waals surface area contributed by atoms with Gasteiger partial charge in [0.2, 0.25) is 5.88 Å². The molecular weight excluding hydrogens is 350 g/mol. The quantitative estimate of drug-likeness (QED) is 0.578. The molecule has 0 spiro atoms. The van der Waals surface area contributed by atoms with Crippen LogP contribution in [0, 0.1) is 0 Å². The van der Waals surface area contributed by atoms with Crippen molar-refractivity contribution >= 4 is 17.2 Å². The minimum absolute atomic E-state index is 0.00794. The molecule has 0 saturated heterocycles. The summed E-state index contributed by atoms with van der Waals surface area (Å²) >= 11 is 6.00. The van der Waals surface area contributed by atoms with E-state index in [4.69, 9.17) is 16.3 Å². The van der Waals surface area contributed by atoms with Crippen LogP contribution in [0.3, 0.4) is 0 Å². The fourth-order valence-electron chi connectivity index (χ4n) is 2.74. The van der Waals surface area contributed by atoms with Gasteiger partial charge in [0.15, 0.2) is 5.65 Å². The van der Waals surface area contributed by atoms with Crippen molar-refractivity contribution < 1.29 is 9.84 Å². The number of ether oxygens (including phenoxy) is 1. The third-order valence-corrected chi connectivity index (χ3v) is 4.25. The van der Waals surface area contributed by atoms with Gasteiger partial charge in [-0.05, 0) is 35.4 Å². The molecule has 0 saturated carbocycles. The summed E-state index contributed by atoms with van der Waals surface area (Å²) in [6.45, 7) is 0.370. The molecule has 6 heteroatoms. The predicted molar refractivity (Wildman–Crippen MR) is 100 cm³/mol. The number of rotatable bonds is 5. The predicted octanol–water partition coefficient (Wildman–Crippen LogP) is 4.12. The van der Waals surface area contributed by atoms with Crippen molar-refractivity contribution in [3.05, 3.63) is 83.0 Å². The van der Waals surface area contributed by atoms with Gasteiger partial charge >= 0.3 is 0 Å². The van der Waals surface area contributed by atoms with Gasteiger partial charge in [0.1, 0.15) is 6.61 Å². The SMILES string of the molecule is OCc1cccc(-c2cnc3ccc(OCc4cccc(Cl)c4)nn23)c1. The first-order chi connectivity index (χ1) is 12.7. The Kier molecular flexibility index (Phi) is 4.56. The van der Waals surface area contributed by atoms with Gasteiger partial charge in [0.05, 0.1) is 18.5 Å². The largest absolute Gasteiger partial charge is 0.472 e. The van der Waals surface area contributed by atoms with Gasteiger partial charge in [-0.3, -0.25) is 0 Å². The lowest BCUT2D eigenvalue weighted by Crippen LogP contribution is -2.01. The highest BCUT2D eigenvalue weighted by molar-refractivity contribution is 6.30. The van der Waals surface area contributed by atoms with Crippen LogP contribution in [0.4, 0.5) is 0 Å². The monoisotopic (exact) mass is 365 g/mol. The van der Waals surface area contributed by atoms with E-state index >= 15 is 0 Å². The lowest BCUT2D eigenvalue weighted by Gasteiger charge is -2.07. The molecule has 2 heterocycles. The molecule has 0 atom stereocenters. The van der Waals surface area contributed by atoms with E-state index in [1.54, 1.807) is 16.8 Å². The number of benzene rings is 2. The molecule has 26 heavy (non-hydrogen) atoms. The third-order valence-electron chi connectivity index (χ3n) is 4.02. The molecule has 4 aromatic rings. The van der Waals surface area contributed by atoms with Crippen LogP contribution in [0.5, 0.6) is 5.88 Å². The van der Waals surface area contributed by atoms with Gasteiger partial charge in [-0.15, -0.1) is 5.10 Å². The van der Waals surface area contributed by atoms with Gasteiger partial charge < -0.3 is 9.84 Å². The first-order valence-corrected chi connectivity index (χ1v) is 8.53. The molecule has 0 unspecified atom stereocenters. The number of imidazole rings is 1. The van der Waals surface area contributed by atoms with Gasteiger partial charge in [-0.1, -0.05) is 41.9 Å². The highest BCUT2D eigenvalue weighted by atomic mass is 35.5. The summed E-state index contributed by atoms with van der Waals surface area (Å²) in [5, 5.41) is 14.6. The van der Waals surface area contributed by atoms with Crippen molar-refractivity contribution in [1.29, 1.82) is 0 Å². The van der Waals surface area contributed by atoms with Crippen LogP contribution in [-0.4, -0.2) is 19.7 Å². The Morgan fingerprint density at radius 3 is 2.69 bits per heavy atom. The van der Waals surface area contributed by atoms with Crippen molar-refractivity contribution in [2.24, 2.45) is 0 Å². The number of hydrogen-bond donors (Lipinski definition) is 1. The molecule has 0 aliphatic rings. The number of nitrogens with zero attached hydrogens (tertiary/aromatic N) is 3. The second-order valence-electron chi connectivity index (χ2n) is 5.86. The first kappa shape index (κ1) is 16.6. The summed E-state index contributed by atoms with van der Waals surface area (Å²) in [6, 6.07) is 18.8. The van der Waals surface area contributed by atoms with E-state index in [1.807, 2.05) is 54.6 Å². The van der Waals surface area contributed by atoms with E-state index in [-0.39, 0.29) is 6.61 Å². The standard InChI is InChI=1S/C20H16ClN3O2/c21-17-6-2-4-15(10-17)13-26-20-8-7-19-22-11-18(24(19)23-20)16-5-1-3-14(9-16)12-25/h1-11,25H,12-13H2. The molecule has 0 amide bonds. The highest BCUT2D eigenvalue weighted by Crippen LogP contribution is 2.23. The number of aliphatic hydroxyl groups is 1. The molecule has 0 bridgehead atoms. The van der Waals surface area contributed by atoms with E-state index in [9.17, 15) is 5.11 Å². The summed E-state index contributed by atoms with van der Waals surface area (Å²) in [7, 11) is 0. The van der Waals surface area contributed by atoms with E-state index in [0.29, 0.717) is 17.5 Å². The van der Waals surface area contributed by atoms with Crippen molar-refractivity contribution in [1.82, 2.24) is 14.6 Å². The minimum Gasteiger partial charge on any atom is -0.472 e. The zero-order chi connectivity index (χ0) is 17.9. The van der Waals surface area contributed by atoms with E-state index in [2.05, 4.69) is 10.1 Å². The summed E-state index contributed by atoms with van der Waals surface area (Å²) in [5.41, 5.74) is 4.31. The van der Waals surface area contributed by atoms with Gasteiger partial charge in [-0.25, -0.2) is 9.50 Å². The maximum atomic E-state index is 9.35. The maximum absolute atomic E-state index is 9.35. The van der Waals surface area contributed by atoms with E-state index in [0.717, 1.165) is 28.0 Å². The van der Waals surface area contributed by atoms with Crippen LogP contribution in [0.25, 0.3) is 16.9 Å². The second-order valence-corrected chi connectivity index (χ2v) is 6.30. The molecule has 0 fully saturated rings.